The van der Waals surface area contributed by atoms with Gasteiger partial charge in [0.15, 0.2) is 5.76 Å². The summed E-state index contributed by atoms with van der Waals surface area (Å²) in [6, 6.07) is 0. The Labute approximate surface area is 148 Å². The number of carbonyl (C=O) groups excluding carboxylic acids is 2. The second-order valence-electron chi connectivity index (χ2n) is 8.49. The molecule has 0 aliphatic heterocycles. The highest BCUT2D eigenvalue weighted by molar-refractivity contribution is 5.99. The number of carbonyl (C=O) groups is 2. The molecule has 1 fully saturated rings. The van der Waals surface area contributed by atoms with Gasteiger partial charge in [0.05, 0.1) is 11.9 Å². The predicted octanol–water partition coefficient (Wildman–Crippen LogP) is 3.97. The Morgan fingerprint density at radius 2 is 2.12 bits per heavy atom. The lowest BCUT2D eigenvalue weighted by atomic mass is 9.51. The first-order valence-corrected chi connectivity index (χ1v) is 9.13. The van der Waals surface area contributed by atoms with Gasteiger partial charge in [-0.25, -0.2) is 0 Å². The topological polar surface area (TPSA) is 76.7 Å². The van der Waals surface area contributed by atoms with Crippen molar-refractivity contribution in [3.63, 3.8) is 0 Å². The highest BCUT2D eigenvalue weighted by atomic mass is 16.5. The second kappa shape index (κ2) is 5.97. The number of furan rings is 1. The van der Waals surface area contributed by atoms with Crippen LogP contribution in [-0.4, -0.2) is 22.5 Å². The summed E-state index contributed by atoms with van der Waals surface area (Å²) in [4.78, 5) is 25.5. The summed E-state index contributed by atoms with van der Waals surface area (Å²) in [7, 11) is 0. The molecule has 5 nitrogen and oxygen atoms in total. The molecule has 5 heteroatoms. The highest BCUT2D eigenvalue weighted by Crippen LogP contribution is 2.60. The zero-order valence-corrected chi connectivity index (χ0v) is 15.7. The van der Waals surface area contributed by atoms with E-state index < -0.39 is 23.0 Å². The number of aryl methyl sites for hydroxylation is 1. The van der Waals surface area contributed by atoms with Crippen LogP contribution in [0.15, 0.2) is 10.7 Å². The van der Waals surface area contributed by atoms with Crippen molar-refractivity contribution in [2.45, 2.75) is 72.0 Å². The average Bonchev–Trinajstić information content (AvgIpc) is 2.87. The number of fused-ring (bicyclic) bond motifs is 2. The summed E-state index contributed by atoms with van der Waals surface area (Å²) in [5.74, 6) is -0.326. The van der Waals surface area contributed by atoms with Crippen LogP contribution in [0, 0.1) is 24.2 Å². The molecule has 25 heavy (non-hydrogen) atoms. The predicted molar refractivity (Wildman–Crippen MR) is 92.1 cm³/mol. The average molecular weight is 348 g/mol. The normalized spacial score (nSPS) is 34.6. The Morgan fingerprint density at radius 3 is 2.76 bits per heavy atom. The van der Waals surface area contributed by atoms with E-state index in [1.54, 1.807) is 13.2 Å². The lowest BCUT2D eigenvalue weighted by molar-refractivity contribution is -0.198. The van der Waals surface area contributed by atoms with Gasteiger partial charge in [-0.05, 0) is 44.6 Å². The molecule has 0 aromatic carbocycles. The molecule has 0 amide bonds. The second-order valence-corrected chi connectivity index (χ2v) is 8.49. The Kier molecular flexibility index (Phi) is 4.34. The van der Waals surface area contributed by atoms with Crippen LogP contribution in [0.25, 0.3) is 0 Å². The molecule has 0 spiro atoms. The van der Waals surface area contributed by atoms with Crippen molar-refractivity contribution >= 4 is 11.8 Å². The monoisotopic (exact) mass is 348 g/mol. The van der Waals surface area contributed by atoms with Gasteiger partial charge in [-0.2, -0.15) is 0 Å². The Bertz CT molecular complexity index is 699. The summed E-state index contributed by atoms with van der Waals surface area (Å²) in [6.07, 6.45) is 3.19. The van der Waals surface area contributed by atoms with E-state index in [0.717, 1.165) is 12.0 Å². The summed E-state index contributed by atoms with van der Waals surface area (Å²) in [6.45, 7) is 9.41. The third-order valence-electron chi connectivity index (χ3n) is 6.24. The molecule has 2 aliphatic carbocycles. The lowest BCUT2D eigenvalue weighted by Crippen LogP contribution is -2.59. The van der Waals surface area contributed by atoms with Crippen molar-refractivity contribution in [2.24, 2.45) is 17.3 Å². The van der Waals surface area contributed by atoms with Crippen LogP contribution >= 0.6 is 0 Å². The number of aliphatic hydroxyl groups is 1. The van der Waals surface area contributed by atoms with Gasteiger partial charge in [0.1, 0.15) is 6.10 Å². The Morgan fingerprint density at radius 1 is 1.44 bits per heavy atom. The molecule has 2 aliphatic rings. The van der Waals surface area contributed by atoms with Crippen molar-refractivity contribution in [1.82, 2.24) is 0 Å². The molecule has 4 atom stereocenters. The molecule has 1 aromatic rings. The Hall–Kier alpha value is -1.62. The summed E-state index contributed by atoms with van der Waals surface area (Å²) >= 11 is 0. The molecule has 3 rings (SSSR count). The van der Waals surface area contributed by atoms with Crippen molar-refractivity contribution in [3.05, 3.63) is 23.2 Å². The molecule has 1 heterocycles. The van der Waals surface area contributed by atoms with Crippen LogP contribution < -0.4 is 0 Å². The van der Waals surface area contributed by atoms with Crippen LogP contribution in [0.2, 0.25) is 0 Å². The van der Waals surface area contributed by atoms with Crippen molar-refractivity contribution in [1.29, 1.82) is 0 Å². The van der Waals surface area contributed by atoms with Gasteiger partial charge in [-0.1, -0.05) is 20.8 Å². The molecule has 4 unspecified atom stereocenters. The van der Waals surface area contributed by atoms with E-state index in [2.05, 4.69) is 0 Å². The largest absolute Gasteiger partial charge is 0.461 e. The molecule has 1 N–H and O–H groups in total. The van der Waals surface area contributed by atoms with Crippen LogP contribution in [0.5, 0.6) is 0 Å². The van der Waals surface area contributed by atoms with Crippen LogP contribution in [0.1, 0.15) is 81.2 Å². The first kappa shape index (κ1) is 18.2. The van der Waals surface area contributed by atoms with Gasteiger partial charge >= 0.3 is 5.97 Å². The minimum absolute atomic E-state index is 0.0817. The van der Waals surface area contributed by atoms with E-state index >= 15 is 0 Å². The SMILES string of the molecule is Cc1coc2c1C(OC(=O)CC(C)C)C1(C)C(CCCC1(C)O)C2=O. The number of esters is 1. The zero-order valence-electron chi connectivity index (χ0n) is 15.7. The third kappa shape index (κ3) is 2.64. The first-order chi connectivity index (χ1) is 11.6. The van der Waals surface area contributed by atoms with E-state index in [0.29, 0.717) is 30.6 Å². The van der Waals surface area contributed by atoms with Gasteiger partial charge in [0.25, 0.3) is 0 Å². The fourth-order valence-electron chi connectivity index (χ4n) is 4.59. The maximum Gasteiger partial charge on any atom is 0.306 e. The van der Waals surface area contributed by atoms with Crippen LogP contribution in [0.4, 0.5) is 0 Å². The van der Waals surface area contributed by atoms with Gasteiger partial charge in [-0.15, -0.1) is 0 Å². The number of hydrogen-bond acceptors (Lipinski definition) is 5. The smallest absolute Gasteiger partial charge is 0.306 e. The quantitative estimate of drug-likeness (QED) is 0.836. The van der Waals surface area contributed by atoms with Crippen molar-refractivity contribution < 1.29 is 23.8 Å². The zero-order chi connectivity index (χ0) is 18.6. The molecule has 0 saturated heterocycles. The minimum Gasteiger partial charge on any atom is -0.461 e. The molecule has 0 radical (unpaired) electrons. The summed E-state index contributed by atoms with van der Waals surface area (Å²) in [5, 5.41) is 11.2. The molecule has 138 valence electrons. The van der Waals surface area contributed by atoms with Crippen molar-refractivity contribution in [2.75, 3.05) is 0 Å². The molecule has 0 bridgehead atoms. The maximum atomic E-state index is 13.0. The van der Waals surface area contributed by atoms with E-state index in [4.69, 9.17) is 9.15 Å². The number of Topliss-reactive ketones (excluding diaryl/α,β-unsaturated/α-hetero) is 1. The summed E-state index contributed by atoms with van der Waals surface area (Å²) < 4.78 is 11.4. The van der Waals surface area contributed by atoms with Gasteiger partial charge in [0, 0.05) is 23.3 Å². The fraction of sp³-hybridized carbons (Fsp3) is 0.700. The van der Waals surface area contributed by atoms with E-state index in [-0.39, 0.29) is 17.7 Å². The van der Waals surface area contributed by atoms with Gasteiger partial charge in [0.2, 0.25) is 5.78 Å². The molecular formula is C20H28O5. The van der Waals surface area contributed by atoms with E-state index in [9.17, 15) is 14.7 Å². The van der Waals surface area contributed by atoms with Crippen LogP contribution in [-0.2, 0) is 9.53 Å². The van der Waals surface area contributed by atoms with Gasteiger partial charge in [-0.3, -0.25) is 9.59 Å². The lowest BCUT2D eigenvalue weighted by Gasteiger charge is -2.55. The fourth-order valence-corrected chi connectivity index (χ4v) is 4.59. The minimum atomic E-state index is -1.10. The van der Waals surface area contributed by atoms with Crippen LogP contribution in [0.3, 0.4) is 0 Å². The molecular weight excluding hydrogens is 320 g/mol. The first-order valence-electron chi connectivity index (χ1n) is 9.13. The highest BCUT2D eigenvalue weighted by Gasteiger charge is 2.63. The third-order valence-corrected chi connectivity index (χ3v) is 6.24. The van der Waals surface area contributed by atoms with Gasteiger partial charge < -0.3 is 14.3 Å². The summed E-state index contributed by atoms with van der Waals surface area (Å²) in [5.41, 5.74) is -0.554. The van der Waals surface area contributed by atoms with E-state index in [1.165, 1.54) is 0 Å². The van der Waals surface area contributed by atoms with E-state index in [1.807, 2.05) is 27.7 Å². The number of ketones is 1. The molecule has 1 saturated carbocycles. The number of rotatable bonds is 3. The number of ether oxygens (including phenoxy) is 1. The maximum absolute atomic E-state index is 13.0. The van der Waals surface area contributed by atoms with Crippen molar-refractivity contribution in [3.8, 4) is 0 Å². The molecule has 1 aromatic heterocycles. The standard InChI is InChI=1S/C20H28O5/c1-11(2)9-14(21)25-18-15-12(3)10-24-17(15)16(22)13-7-6-8-19(4,23)20(13,18)5/h10-11,13,18,23H,6-9H2,1-5H3. The Balaban J connectivity index is 2.12. The number of hydrogen-bond donors (Lipinski definition) is 1.